The van der Waals surface area contributed by atoms with E-state index in [0.29, 0.717) is 6.42 Å². The SMILES string of the molecule is [CH2]C(=O)Cc1c[nH]cn1. The number of nitrogens with one attached hydrogen (secondary N) is 1. The zero-order chi connectivity index (χ0) is 6.69. The fraction of sp³-hybridized carbons (Fsp3) is 0.167. The monoisotopic (exact) mass is 123 g/mol. The molecule has 0 spiro atoms. The molecule has 0 aliphatic rings. The molecule has 47 valence electrons. The Balaban J connectivity index is 2.58. The Hall–Kier alpha value is -1.12. The maximum absolute atomic E-state index is 10.3. The molecule has 0 fully saturated rings. The van der Waals surface area contributed by atoms with Gasteiger partial charge in [0.05, 0.1) is 18.4 Å². The third-order valence-corrected chi connectivity index (χ3v) is 0.933. The van der Waals surface area contributed by atoms with E-state index in [1.165, 1.54) is 6.33 Å². The van der Waals surface area contributed by atoms with Crippen LogP contribution in [-0.4, -0.2) is 15.8 Å². The molecule has 1 N–H and O–H groups in total. The molecule has 0 saturated heterocycles. The summed E-state index contributed by atoms with van der Waals surface area (Å²) in [7, 11) is 0. The lowest BCUT2D eigenvalue weighted by Gasteiger charge is -1.84. The van der Waals surface area contributed by atoms with Crippen LogP contribution in [0.1, 0.15) is 5.69 Å². The highest BCUT2D eigenvalue weighted by Crippen LogP contribution is 1.91. The van der Waals surface area contributed by atoms with E-state index in [4.69, 9.17) is 0 Å². The van der Waals surface area contributed by atoms with Gasteiger partial charge >= 0.3 is 0 Å². The highest BCUT2D eigenvalue weighted by molar-refractivity contribution is 5.84. The minimum Gasteiger partial charge on any atom is -0.351 e. The Morgan fingerprint density at radius 2 is 2.67 bits per heavy atom. The van der Waals surface area contributed by atoms with Crippen molar-refractivity contribution < 1.29 is 4.79 Å². The van der Waals surface area contributed by atoms with Crippen LogP contribution in [0.25, 0.3) is 0 Å². The number of carbonyl (C=O) groups is 1. The minimum atomic E-state index is -0.109. The quantitative estimate of drug-likeness (QED) is 0.617. The molecular weight excluding hydrogens is 116 g/mol. The fourth-order valence-electron chi connectivity index (χ4n) is 0.590. The van der Waals surface area contributed by atoms with Crippen LogP contribution in [0.2, 0.25) is 0 Å². The summed E-state index contributed by atoms with van der Waals surface area (Å²) in [6, 6.07) is 0. The lowest BCUT2D eigenvalue weighted by molar-refractivity contribution is -0.114. The van der Waals surface area contributed by atoms with Crippen LogP contribution in [0.15, 0.2) is 12.5 Å². The number of hydrogen-bond donors (Lipinski definition) is 1. The predicted octanol–water partition coefficient (Wildman–Crippen LogP) is 0.355. The average molecular weight is 123 g/mol. The largest absolute Gasteiger partial charge is 0.351 e. The zero-order valence-electron chi connectivity index (χ0n) is 4.92. The number of Topliss-reactive ketones (excluding diaryl/α,β-unsaturated/α-hetero) is 1. The van der Waals surface area contributed by atoms with Crippen LogP contribution >= 0.6 is 0 Å². The summed E-state index contributed by atoms with van der Waals surface area (Å²) in [4.78, 5) is 16.9. The summed E-state index contributed by atoms with van der Waals surface area (Å²) >= 11 is 0. The van der Waals surface area contributed by atoms with Gasteiger partial charge in [0, 0.05) is 13.1 Å². The van der Waals surface area contributed by atoms with Crippen LogP contribution in [0.5, 0.6) is 0 Å². The van der Waals surface area contributed by atoms with Crippen molar-refractivity contribution in [1.29, 1.82) is 0 Å². The molecule has 0 aliphatic carbocycles. The second-order valence-corrected chi connectivity index (χ2v) is 1.78. The molecule has 3 nitrogen and oxygen atoms in total. The Morgan fingerprint density at radius 1 is 1.89 bits per heavy atom. The second-order valence-electron chi connectivity index (χ2n) is 1.78. The number of aromatic nitrogens is 2. The molecule has 0 aliphatic heterocycles. The number of nitrogens with zero attached hydrogens (tertiary/aromatic N) is 1. The lowest BCUT2D eigenvalue weighted by Crippen LogP contribution is -1.95. The Bertz CT molecular complexity index is 191. The van der Waals surface area contributed by atoms with E-state index in [0.717, 1.165) is 5.69 Å². The highest BCUT2D eigenvalue weighted by Gasteiger charge is 1.96. The summed E-state index contributed by atoms with van der Waals surface area (Å²) < 4.78 is 0. The molecular formula is C6H7N2O. The van der Waals surface area contributed by atoms with E-state index >= 15 is 0 Å². The van der Waals surface area contributed by atoms with Crippen molar-refractivity contribution in [1.82, 2.24) is 9.97 Å². The molecule has 1 aromatic heterocycles. The van der Waals surface area contributed by atoms with E-state index in [-0.39, 0.29) is 5.78 Å². The molecule has 0 aromatic carbocycles. The molecule has 0 amide bonds. The van der Waals surface area contributed by atoms with Gasteiger partial charge in [-0.3, -0.25) is 4.79 Å². The molecule has 3 heteroatoms. The van der Waals surface area contributed by atoms with E-state index in [1.807, 2.05) is 0 Å². The third-order valence-electron chi connectivity index (χ3n) is 0.933. The number of imidazole rings is 1. The van der Waals surface area contributed by atoms with E-state index in [2.05, 4.69) is 16.9 Å². The van der Waals surface area contributed by atoms with Crippen LogP contribution < -0.4 is 0 Å². The van der Waals surface area contributed by atoms with Crippen molar-refractivity contribution in [3.8, 4) is 0 Å². The first-order chi connectivity index (χ1) is 4.29. The van der Waals surface area contributed by atoms with E-state index < -0.39 is 0 Å². The van der Waals surface area contributed by atoms with Gasteiger partial charge in [-0.15, -0.1) is 0 Å². The number of ketones is 1. The van der Waals surface area contributed by atoms with Gasteiger partial charge in [0.15, 0.2) is 0 Å². The van der Waals surface area contributed by atoms with Gasteiger partial charge in [0.1, 0.15) is 5.78 Å². The number of rotatable bonds is 2. The third kappa shape index (κ3) is 1.68. The molecule has 0 bridgehead atoms. The van der Waals surface area contributed by atoms with Crippen molar-refractivity contribution in [2.45, 2.75) is 6.42 Å². The smallest absolute Gasteiger partial charge is 0.139 e. The van der Waals surface area contributed by atoms with Gasteiger partial charge in [-0.05, 0) is 0 Å². The molecule has 0 saturated carbocycles. The van der Waals surface area contributed by atoms with Crippen LogP contribution in [0.4, 0.5) is 0 Å². The van der Waals surface area contributed by atoms with Crippen molar-refractivity contribution in [2.24, 2.45) is 0 Å². The Kier molecular flexibility index (Phi) is 1.63. The Morgan fingerprint density at radius 3 is 3.11 bits per heavy atom. The molecule has 1 rings (SSSR count). The standard InChI is InChI=1S/C6H7N2O/c1-5(9)2-6-3-7-4-8-6/h3-4H,1-2H2,(H,7,8). The first-order valence-electron chi connectivity index (χ1n) is 2.61. The van der Waals surface area contributed by atoms with Crippen molar-refractivity contribution >= 4 is 5.78 Å². The molecule has 1 aromatic rings. The molecule has 9 heavy (non-hydrogen) atoms. The average Bonchev–Trinajstić information content (AvgIpc) is 2.15. The zero-order valence-corrected chi connectivity index (χ0v) is 4.92. The normalized spacial score (nSPS) is 9.44. The van der Waals surface area contributed by atoms with Gasteiger partial charge in [0.2, 0.25) is 0 Å². The summed E-state index contributed by atoms with van der Waals surface area (Å²) in [6.45, 7) is 3.22. The molecule has 0 unspecified atom stereocenters. The van der Waals surface area contributed by atoms with Crippen LogP contribution in [-0.2, 0) is 11.2 Å². The summed E-state index contributed by atoms with van der Waals surface area (Å²) in [6.07, 6.45) is 3.55. The second kappa shape index (κ2) is 2.44. The summed E-state index contributed by atoms with van der Waals surface area (Å²) in [5, 5.41) is 0. The van der Waals surface area contributed by atoms with Gasteiger partial charge in [-0.25, -0.2) is 4.98 Å². The fourth-order valence-corrected chi connectivity index (χ4v) is 0.590. The number of hydrogen-bond acceptors (Lipinski definition) is 2. The maximum Gasteiger partial charge on any atom is 0.139 e. The number of carbonyl (C=O) groups excluding carboxylic acids is 1. The topological polar surface area (TPSA) is 45.8 Å². The first kappa shape index (κ1) is 6.01. The molecule has 0 atom stereocenters. The summed E-state index contributed by atoms with van der Waals surface area (Å²) in [5.41, 5.74) is 0.745. The first-order valence-corrected chi connectivity index (χ1v) is 2.61. The highest BCUT2D eigenvalue weighted by atomic mass is 16.1. The molecule has 1 heterocycles. The predicted molar refractivity (Wildman–Crippen MR) is 32.7 cm³/mol. The lowest BCUT2D eigenvalue weighted by atomic mass is 10.2. The van der Waals surface area contributed by atoms with Gasteiger partial charge in [-0.1, -0.05) is 0 Å². The number of H-pyrrole nitrogens is 1. The van der Waals surface area contributed by atoms with E-state index in [1.54, 1.807) is 6.20 Å². The maximum atomic E-state index is 10.3. The van der Waals surface area contributed by atoms with E-state index in [9.17, 15) is 4.79 Å². The van der Waals surface area contributed by atoms with Crippen molar-refractivity contribution in [3.05, 3.63) is 25.1 Å². The minimum absolute atomic E-state index is 0.109. The number of aromatic amines is 1. The summed E-state index contributed by atoms with van der Waals surface area (Å²) in [5.74, 6) is -0.109. The van der Waals surface area contributed by atoms with Gasteiger partial charge < -0.3 is 4.98 Å². The van der Waals surface area contributed by atoms with Crippen molar-refractivity contribution in [2.75, 3.05) is 0 Å². The Labute approximate surface area is 53.1 Å². The van der Waals surface area contributed by atoms with Gasteiger partial charge in [0.25, 0.3) is 0 Å². The van der Waals surface area contributed by atoms with Crippen LogP contribution in [0.3, 0.4) is 0 Å². The van der Waals surface area contributed by atoms with Gasteiger partial charge in [-0.2, -0.15) is 0 Å². The van der Waals surface area contributed by atoms with Crippen LogP contribution in [0, 0.1) is 6.92 Å². The van der Waals surface area contributed by atoms with Crippen molar-refractivity contribution in [3.63, 3.8) is 0 Å². The molecule has 1 radical (unpaired) electrons.